The number of fused-ring (bicyclic) bond motifs is 1. The van der Waals surface area contributed by atoms with Crippen molar-refractivity contribution in [2.45, 2.75) is 51.5 Å². The van der Waals surface area contributed by atoms with Gasteiger partial charge in [-0.2, -0.15) is 0 Å². The molecule has 9 heteroatoms. The zero-order chi connectivity index (χ0) is 27.2. The number of halogens is 2. The molecule has 1 saturated heterocycles. The quantitative estimate of drug-likeness (QED) is 0.428. The van der Waals surface area contributed by atoms with Gasteiger partial charge in [0.05, 0.1) is 17.9 Å². The fraction of sp³-hybridized carbons (Fsp3) is 0.567. The monoisotopic (exact) mass is 542 g/mol. The van der Waals surface area contributed by atoms with Crippen LogP contribution >= 0.6 is 0 Å². The summed E-state index contributed by atoms with van der Waals surface area (Å²) >= 11 is 0. The van der Waals surface area contributed by atoms with E-state index in [-0.39, 0.29) is 17.4 Å². The lowest BCUT2D eigenvalue weighted by Gasteiger charge is -2.32. The number of hydrogen-bond acceptors (Lipinski definition) is 6. The highest BCUT2D eigenvalue weighted by molar-refractivity contribution is 5.98. The van der Waals surface area contributed by atoms with E-state index in [1.165, 1.54) is 38.2 Å². The van der Waals surface area contributed by atoms with Crippen molar-refractivity contribution in [3.8, 4) is 11.5 Å². The summed E-state index contributed by atoms with van der Waals surface area (Å²) in [4.78, 5) is 15.8. The first-order valence-corrected chi connectivity index (χ1v) is 14.3. The Balaban J connectivity index is 1.32. The summed E-state index contributed by atoms with van der Waals surface area (Å²) in [5.41, 5.74) is 5.73. The van der Waals surface area contributed by atoms with Gasteiger partial charge in [-0.3, -0.25) is 4.79 Å². The zero-order valence-electron chi connectivity index (χ0n) is 22.8. The fourth-order valence-electron chi connectivity index (χ4n) is 6.15. The number of amides is 1. The maximum absolute atomic E-state index is 14.5. The van der Waals surface area contributed by atoms with Gasteiger partial charge in [0.1, 0.15) is 11.6 Å². The molecule has 2 heterocycles. The van der Waals surface area contributed by atoms with Crippen LogP contribution in [0.15, 0.2) is 30.3 Å². The predicted molar refractivity (Wildman–Crippen MR) is 147 cm³/mol. The minimum absolute atomic E-state index is 0.118. The average molecular weight is 543 g/mol. The standard InChI is InChI=1S/C30H40F2N4O3/c1-38-20-22-8-5-12-35(18-22)13-11-33-30(37)25-16-27-23(17-34-36(27)19-21-6-3-2-4-7-21)14-29(25)39-28-10-9-24(31)15-26(28)32/h9-10,14-16,21-22,34H,2-8,11-13,17-20H2,1H3,(H,33,37). The molecule has 2 aromatic rings. The second kappa shape index (κ2) is 13.1. The lowest BCUT2D eigenvalue weighted by molar-refractivity contribution is 0.0866. The zero-order valence-corrected chi connectivity index (χ0v) is 22.8. The van der Waals surface area contributed by atoms with Gasteiger partial charge in [-0.25, -0.2) is 14.2 Å². The van der Waals surface area contributed by atoms with Crippen molar-refractivity contribution < 1.29 is 23.0 Å². The molecule has 0 radical (unpaired) electrons. The Labute approximate surface area is 229 Å². The van der Waals surface area contributed by atoms with Crippen LogP contribution in [0.1, 0.15) is 60.9 Å². The van der Waals surface area contributed by atoms with Gasteiger partial charge in [0.2, 0.25) is 0 Å². The summed E-state index contributed by atoms with van der Waals surface area (Å²) < 4.78 is 39.2. The number of carbonyl (C=O) groups excluding carboxylic acids is 1. The molecule has 1 aliphatic carbocycles. The minimum Gasteiger partial charge on any atom is -0.453 e. The first-order chi connectivity index (χ1) is 19.0. The van der Waals surface area contributed by atoms with E-state index >= 15 is 0 Å². The predicted octanol–water partition coefficient (Wildman–Crippen LogP) is 5.25. The van der Waals surface area contributed by atoms with Crippen molar-refractivity contribution in [2.75, 3.05) is 51.4 Å². The van der Waals surface area contributed by atoms with Crippen LogP contribution in [0, 0.1) is 23.5 Å². The smallest absolute Gasteiger partial charge is 0.255 e. The molecule has 2 aromatic carbocycles. The molecule has 1 amide bonds. The molecule has 0 spiro atoms. The van der Waals surface area contributed by atoms with Crippen LogP contribution in [0.2, 0.25) is 0 Å². The van der Waals surface area contributed by atoms with Crippen molar-refractivity contribution in [3.05, 3.63) is 53.1 Å². The maximum Gasteiger partial charge on any atom is 0.255 e. The topological polar surface area (TPSA) is 66.1 Å². The molecule has 2 fully saturated rings. The molecular weight excluding hydrogens is 502 g/mol. The van der Waals surface area contributed by atoms with Gasteiger partial charge in [0, 0.05) is 45.9 Å². The van der Waals surface area contributed by atoms with Crippen LogP contribution in [0.3, 0.4) is 0 Å². The summed E-state index contributed by atoms with van der Waals surface area (Å²) in [6.45, 7) is 5.45. The van der Waals surface area contributed by atoms with Gasteiger partial charge >= 0.3 is 0 Å². The average Bonchev–Trinajstić information content (AvgIpc) is 3.32. The van der Waals surface area contributed by atoms with Crippen LogP contribution in [-0.2, 0) is 11.3 Å². The van der Waals surface area contributed by atoms with Gasteiger partial charge in [-0.1, -0.05) is 19.3 Å². The Hall–Kier alpha value is -2.75. The van der Waals surface area contributed by atoms with Crippen LogP contribution in [-0.4, -0.2) is 57.2 Å². The van der Waals surface area contributed by atoms with Crippen molar-refractivity contribution >= 4 is 11.6 Å². The van der Waals surface area contributed by atoms with Gasteiger partial charge in [-0.05, 0) is 73.9 Å². The molecule has 0 bridgehead atoms. The first kappa shape index (κ1) is 27.8. The Morgan fingerprint density at radius 3 is 2.67 bits per heavy atom. The van der Waals surface area contributed by atoms with E-state index < -0.39 is 11.6 Å². The van der Waals surface area contributed by atoms with E-state index in [0.717, 1.165) is 69.0 Å². The number of methoxy groups -OCH3 is 1. The van der Waals surface area contributed by atoms with Crippen molar-refractivity contribution in [2.24, 2.45) is 11.8 Å². The number of ether oxygens (including phenoxy) is 2. The third-order valence-corrected chi connectivity index (χ3v) is 8.18. The second-order valence-electron chi connectivity index (χ2n) is 11.1. The molecule has 1 unspecified atom stereocenters. The number of hydrogen-bond donors (Lipinski definition) is 2. The van der Waals surface area contributed by atoms with Gasteiger partial charge in [0.25, 0.3) is 5.91 Å². The lowest BCUT2D eigenvalue weighted by atomic mass is 9.89. The highest BCUT2D eigenvalue weighted by Crippen LogP contribution is 2.37. The number of anilines is 1. The van der Waals surface area contributed by atoms with Crippen LogP contribution in [0.25, 0.3) is 0 Å². The highest BCUT2D eigenvalue weighted by Gasteiger charge is 2.28. The van der Waals surface area contributed by atoms with E-state index in [4.69, 9.17) is 9.47 Å². The number of carbonyl (C=O) groups is 1. The summed E-state index contributed by atoms with van der Waals surface area (Å²) in [6.07, 6.45) is 8.55. The molecule has 212 valence electrons. The van der Waals surface area contributed by atoms with E-state index in [1.807, 2.05) is 6.07 Å². The summed E-state index contributed by atoms with van der Waals surface area (Å²) in [5, 5.41) is 5.19. The van der Waals surface area contributed by atoms with Crippen molar-refractivity contribution in [1.29, 1.82) is 0 Å². The lowest BCUT2D eigenvalue weighted by Crippen LogP contribution is -2.41. The fourth-order valence-corrected chi connectivity index (χ4v) is 6.15. The number of likely N-dealkylation sites (tertiary alicyclic amines) is 1. The van der Waals surface area contributed by atoms with Gasteiger partial charge < -0.3 is 24.7 Å². The molecule has 39 heavy (non-hydrogen) atoms. The van der Waals surface area contributed by atoms with Gasteiger partial charge in [0.15, 0.2) is 11.6 Å². The molecule has 0 aromatic heterocycles. The van der Waals surface area contributed by atoms with Crippen molar-refractivity contribution in [1.82, 2.24) is 15.6 Å². The third kappa shape index (κ3) is 7.07. The molecule has 1 saturated carbocycles. The molecular formula is C30H40F2N4O3. The number of benzene rings is 2. The second-order valence-corrected chi connectivity index (χ2v) is 11.1. The third-order valence-electron chi connectivity index (χ3n) is 8.18. The SMILES string of the molecule is COCC1CCCN(CCNC(=O)c2cc3c(cc2Oc2ccc(F)cc2F)CNN3CC2CCCCC2)C1. The molecule has 2 N–H and O–H groups in total. The van der Waals surface area contributed by atoms with Crippen molar-refractivity contribution in [3.63, 3.8) is 0 Å². The Bertz CT molecular complexity index is 1140. The first-order valence-electron chi connectivity index (χ1n) is 14.3. The Morgan fingerprint density at radius 1 is 1.05 bits per heavy atom. The van der Waals surface area contributed by atoms with E-state index in [9.17, 15) is 13.6 Å². The Kier molecular flexibility index (Phi) is 9.32. The Morgan fingerprint density at radius 2 is 1.87 bits per heavy atom. The molecule has 2 aliphatic heterocycles. The number of rotatable bonds is 10. The van der Waals surface area contributed by atoms with E-state index in [0.29, 0.717) is 30.5 Å². The maximum atomic E-state index is 14.5. The molecule has 1 atom stereocenters. The van der Waals surface area contributed by atoms with E-state index in [1.54, 1.807) is 13.2 Å². The summed E-state index contributed by atoms with van der Waals surface area (Å²) in [5.74, 6) is -0.488. The van der Waals surface area contributed by atoms with Crippen LogP contribution in [0.5, 0.6) is 11.5 Å². The highest BCUT2D eigenvalue weighted by atomic mass is 19.1. The molecule has 3 aliphatic rings. The number of nitrogens with one attached hydrogen (secondary N) is 2. The minimum atomic E-state index is -0.811. The number of piperidine rings is 1. The van der Waals surface area contributed by atoms with Crippen LogP contribution < -0.4 is 20.5 Å². The molecule has 7 nitrogen and oxygen atoms in total. The number of nitrogens with zero attached hydrogens (tertiary/aromatic N) is 2. The molecule has 5 rings (SSSR count). The number of hydrazine groups is 1. The van der Waals surface area contributed by atoms with E-state index in [2.05, 4.69) is 20.7 Å². The summed E-state index contributed by atoms with van der Waals surface area (Å²) in [6, 6.07) is 6.83. The summed E-state index contributed by atoms with van der Waals surface area (Å²) in [7, 11) is 1.74. The largest absolute Gasteiger partial charge is 0.453 e. The van der Waals surface area contributed by atoms with Crippen LogP contribution in [0.4, 0.5) is 14.5 Å². The normalized spacial score (nSPS) is 20.2. The van der Waals surface area contributed by atoms with Gasteiger partial charge in [-0.15, -0.1) is 0 Å².